The van der Waals surface area contributed by atoms with Gasteiger partial charge in [-0.2, -0.15) is 11.8 Å². The van der Waals surface area contributed by atoms with E-state index in [2.05, 4.69) is 33.2 Å². The summed E-state index contributed by atoms with van der Waals surface area (Å²) < 4.78 is 1.05. The maximum absolute atomic E-state index is 4.31. The maximum atomic E-state index is 4.31. The van der Waals surface area contributed by atoms with Crippen molar-refractivity contribution in [3.8, 4) is 0 Å². The van der Waals surface area contributed by atoms with Crippen molar-refractivity contribution >= 4 is 33.5 Å². The van der Waals surface area contributed by atoms with Crippen LogP contribution < -0.4 is 5.32 Å². The van der Waals surface area contributed by atoms with Crippen molar-refractivity contribution in [2.24, 2.45) is 5.92 Å². The summed E-state index contributed by atoms with van der Waals surface area (Å²) in [7, 11) is 0. The SMILES string of the molecule is CC1CSCC1Nc1ncccc1Br. The molecule has 0 amide bonds. The van der Waals surface area contributed by atoms with Crippen molar-refractivity contribution in [3.05, 3.63) is 22.8 Å². The van der Waals surface area contributed by atoms with E-state index in [9.17, 15) is 0 Å². The Morgan fingerprint density at radius 3 is 3.07 bits per heavy atom. The molecule has 1 aliphatic heterocycles. The van der Waals surface area contributed by atoms with Crippen LogP contribution in [-0.4, -0.2) is 22.5 Å². The van der Waals surface area contributed by atoms with Crippen LogP contribution in [0.2, 0.25) is 0 Å². The number of anilines is 1. The van der Waals surface area contributed by atoms with Crippen molar-refractivity contribution in [1.29, 1.82) is 0 Å². The van der Waals surface area contributed by atoms with E-state index in [-0.39, 0.29) is 0 Å². The van der Waals surface area contributed by atoms with Crippen LogP contribution in [0.15, 0.2) is 22.8 Å². The quantitative estimate of drug-likeness (QED) is 0.896. The van der Waals surface area contributed by atoms with Gasteiger partial charge < -0.3 is 5.32 Å². The second kappa shape index (κ2) is 4.53. The fourth-order valence-corrected chi connectivity index (χ4v) is 3.29. The lowest BCUT2D eigenvalue weighted by Gasteiger charge is -2.17. The smallest absolute Gasteiger partial charge is 0.140 e. The van der Waals surface area contributed by atoms with Crippen molar-refractivity contribution < 1.29 is 0 Å². The molecule has 0 saturated carbocycles. The van der Waals surface area contributed by atoms with Gasteiger partial charge in [-0.05, 0) is 39.7 Å². The van der Waals surface area contributed by atoms with E-state index in [1.54, 1.807) is 0 Å². The van der Waals surface area contributed by atoms with Crippen molar-refractivity contribution in [2.75, 3.05) is 16.8 Å². The maximum Gasteiger partial charge on any atom is 0.140 e. The molecule has 1 aromatic heterocycles. The molecule has 0 bridgehead atoms. The zero-order chi connectivity index (χ0) is 9.97. The highest BCUT2D eigenvalue weighted by molar-refractivity contribution is 9.10. The summed E-state index contributed by atoms with van der Waals surface area (Å²) in [6.45, 7) is 2.29. The number of hydrogen-bond donors (Lipinski definition) is 1. The first-order chi connectivity index (χ1) is 6.77. The number of rotatable bonds is 2. The molecule has 1 fully saturated rings. The Kier molecular flexibility index (Phi) is 3.34. The summed E-state index contributed by atoms with van der Waals surface area (Å²) in [5, 5.41) is 3.48. The Morgan fingerprint density at radius 1 is 1.57 bits per heavy atom. The van der Waals surface area contributed by atoms with E-state index in [0.29, 0.717) is 6.04 Å². The molecule has 1 aliphatic rings. The molecular formula is C10H13BrN2S. The van der Waals surface area contributed by atoms with Crippen molar-refractivity contribution in [2.45, 2.75) is 13.0 Å². The monoisotopic (exact) mass is 272 g/mol. The van der Waals surface area contributed by atoms with E-state index in [1.807, 2.05) is 30.1 Å². The van der Waals surface area contributed by atoms with Crippen LogP contribution in [0.4, 0.5) is 5.82 Å². The molecule has 4 heteroatoms. The molecule has 2 atom stereocenters. The third-order valence-electron chi connectivity index (χ3n) is 2.45. The number of nitrogens with zero attached hydrogens (tertiary/aromatic N) is 1. The second-order valence-electron chi connectivity index (χ2n) is 3.60. The molecule has 0 aromatic carbocycles. The lowest BCUT2D eigenvalue weighted by molar-refractivity contribution is 0.597. The van der Waals surface area contributed by atoms with Crippen LogP contribution in [0.5, 0.6) is 0 Å². The van der Waals surface area contributed by atoms with Crippen molar-refractivity contribution in [3.63, 3.8) is 0 Å². The molecule has 0 radical (unpaired) electrons. The molecule has 0 spiro atoms. The highest BCUT2D eigenvalue weighted by atomic mass is 79.9. The summed E-state index contributed by atoms with van der Waals surface area (Å²) in [6.07, 6.45) is 1.82. The van der Waals surface area contributed by atoms with E-state index < -0.39 is 0 Å². The summed E-state index contributed by atoms with van der Waals surface area (Å²) in [6, 6.07) is 4.51. The molecule has 14 heavy (non-hydrogen) atoms. The van der Waals surface area contributed by atoms with Gasteiger partial charge in [0.05, 0.1) is 4.47 Å². The molecule has 2 rings (SSSR count). The van der Waals surface area contributed by atoms with Gasteiger partial charge in [-0.1, -0.05) is 6.92 Å². The van der Waals surface area contributed by atoms with E-state index >= 15 is 0 Å². The highest BCUT2D eigenvalue weighted by Crippen LogP contribution is 2.28. The predicted octanol–water partition coefficient (Wildman–Crippen LogP) is 3.01. The molecule has 0 aliphatic carbocycles. The van der Waals surface area contributed by atoms with Gasteiger partial charge in [-0.25, -0.2) is 4.98 Å². The molecule has 2 unspecified atom stereocenters. The minimum atomic E-state index is 0.561. The first-order valence-electron chi connectivity index (χ1n) is 4.72. The fraction of sp³-hybridized carbons (Fsp3) is 0.500. The number of pyridine rings is 1. The van der Waals surface area contributed by atoms with Gasteiger partial charge in [0, 0.05) is 18.0 Å². The van der Waals surface area contributed by atoms with Crippen molar-refractivity contribution in [1.82, 2.24) is 4.98 Å². The average Bonchev–Trinajstić information content (AvgIpc) is 2.56. The van der Waals surface area contributed by atoms with Gasteiger partial charge in [0.15, 0.2) is 0 Å². The lowest BCUT2D eigenvalue weighted by atomic mass is 10.1. The van der Waals surface area contributed by atoms with Gasteiger partial charge in [0.2, 0.25) is 0 Å². The Hall–Kier alpha value is -0.220. The van der Waals surface area contributed by atoms with Gasteiger partial charge in [-0.3, -0.25) is 0 Å². The van der Waals surface area contributed by atoms with Crippen LogP contribution in [0.3, 0.4) is 0 Å². The summed E-state index contributed by atoms with van der Waals surface area (Å²) in [4.78, 5) is 4.31. The molecule has 2 nitrogen and oxygen atoms in total. The first kappa shape index (κ1) is 10.3. The molecular weight excluding hydrogens is 260 g/mol. The zero-order valence-electron chi connectivity index (χ0n) is 8.03. The van der Waals surface area contributed by atoms with Gasteiger partial charge in [-0.15, -0.1) is 0 Å². The molecule has 76 valence electrons. The normalized spacial score (nSPS) is 26.4. The largest absolute Gasteiger partial charge is 0.365 e. The second-order valence-corrected chi connectivity index (χ2v) is 5.53. The Balaban J connectivity index is 2.07. The summed E-state index contributed by atoms with van der Waals surface area (Å²) >= 11 is 5.50. The Labute approximate surface area is 97.0 Å². The average molecular weight is 273 g/mol. The molecule has 1 N–H and O–H groups in total. The van der Waals surface area contributed by atoms with Crippen LogP contribution >= 0.6 is 27.7 Å². The van der Waals surface area contributed by atoms with Crippen LogP contribution in [0.25, 0.3) is 0 Å². The highest BCUT2D eigenvalue weighted by Gasteiger charge is 2.24. The number of thioether (sulfide) groups is 1. The minimum Gasteiger partial charge on any atom is -0.365 e. The Morgan fingerprint density at radius 2 is 2.43 bits per heavy atom. The molecule has 1 aromatic rings. The topological polar surface area (TPSA) is 24.9 Å². The number of hydrogen-bond acceptors (Lipinski definition) is 3. The van der Waals surface area contributed by atoms with Crippen LogP contribution in [-0.2, 0) is 0 Å². The van der Waals surface area contributed by atoms with E-state index in [0.717, 1.165) is 16.2 Å². The zero-order valence-corrected chi connectivity index (χ0v) is 10.4. The number of nitrogens with one attached hydrogen (secondary N) is 1. The first-order valence-corrected chi connectivity index (χ1v) is 6.67. The predicted molar refractivity (Wildman–Crippen MR) is 65.8 cm³/mol. The lowest BCUT2D eigenvalue weighted by Crippen LogP contribution is -2.26. The number of aromatic nitrogens is 1. The number of halogens is 1. The van der Waals surface area contributed by atoms with Gasteiger partial charge >= 0.3 is 0 Å². The third-order valence-corrected chi connectivity index (χ3v) is 4.44. The summed E-state index contributed by atoms with van der Waals surface area (Å²) in [5.74, 6) is 4.13. The molecule has 1 saturated heterocycles. The Bertz CT molecular complexity index is 319. The summed E-state index contributed by atoms with van der Waals surface area (Å²) in [5.41, 5.74) is 0. The fourth-order valence-electron chi connectivity index (χ4n) is 1.51. The minimum absolute atomic E-state index is 0.561. The molecule has 2 heterocycles. The van der Waals surface area contributed by atoms with Gasteiger partial charge in [0.1, 0.15) is 5.82 Å². The van der Waals surface area contributed by atoms with Crippen LogP contribution in [0.1, 0.15) is 6.92 Å². The third kappa shape index (κ3) is 2.23. The standard InChI is InChI=1S/C10H13BrN2S/c1-7-5-14-6-9(7)13-10-8(11)3-2-4-12-10/h2-4,7,9H,5-6H2,1H3,(H,12,13). The van der Waals surface area contributed by atoms with Crippen LogP contribution in [0, 0.1) is 5.92 Å². The van der Waals surface area contributed by atoms with Gasteiger partial charge in [0.25, 0.3) is 0 Å². The van der Waals surface area contributed by atoms with E-state index in [4.69, 9.17) is 0 Å². The van der Waals surface area contributed by atoms with E-state index in [1.165, 1.54) is 11.5 Å².